The summed E-state index contributed by atoms with van der Waals surface area (Å²) in [4.78, 5) is 0. The molecule has 106 valence electrons. The minimum atomic E-state index is -4.68. The van der Waals surface area contributed by atoms with Gasteiger partial charge in [-0.2, -0.15) is 0 Å². The molecule has 0 spiro atoms. The predicted octanol–water partition coefficient (Wildman–Crippen LogP) is 4.45. The highest BCUT2D eigenvalue weighted by Crippen LogP contribution is 2.31. The van der Waals surface area contributed by atoms with Crippen LogP contribution in [0.3, 0.4) is 0 Å². The zero-order valence-electron chi connectivity index (χ0n) is 11.1. The second-order valence-corrected chi connectivity index (χ2v) is 4.60. The molecule has 0 saturated carbocycles. The van der Waals surface area contributed by atoms with Crippen LogP contribution < -0.4 is 10.5 Å². The molecule has 0 atom stereocenters. The third-order valence-electron chi connectivity index (χ3n) is 3.02. The molecule has 2 aromatic rings. The minimum Gasteiger partial charge on any atom is -0.406 e. The number of alkyl halides is 3. The van der Waals surface area contributed by atoms with Crippen LogP contribution in [0.25, 0.3) is 11.1 Å². The summed E-state index contributed by atoms with van der Waals surface area (Å²) in [5, 5.41) is 0. The van der Waals surface area contributed by atoms with Gasteiger partial charge < -0.3 is 10.5 Å². The number of benzene rings is 2. The summed E-state index contributed by atoms with van der Waals surface area (Å²) in [6.45, 7) is 3.63. The Kier molecular flexibility index (Phi) is 3.61. The smallest absolute Gasteiger partial charge is 0.406 e. The van der Waals surface area contributed by atoms with Crippen LogP contribution in [0.15, 0.2) is 36.4 Å². The van der Waals surface area contributed by atoms with E-state index in [-0.39, 0.29) is 5.75 Å². The molecule has 0 saturated heterocycles. The number of hydrogen-bond acceptors (Lipinski definition) is 2. The maximum Gasteiger partial charge on any atom is 0.573 e. The molecule has 2 rings (SSSR count). The number of halogens is 3. The number of aryl methyl sites for hydroxylation is 2. The summed E-state index contributed by atoms with van der Waals surface area (Å²) in [5.74, 6) is -0.223. The predicted molar refractivity (Wildman–Crippen MR) is 72.4 cm³/mol. The molecule has 2 N–H and O–H groups in total. The fourth-order valence-electron chi connectivity index (χ4n) is 1.97. The van der Waals surface area contributed by atoms with E-state index in [1.807, 2.05) is 25.1 Å². The van der Waals surface area contributed by atoms with Crippen LogP contribution in [0.5, 0.6) is 5.75 Å². The van der Waals surface area contributed by atoms with Gasteiger partial charge in [0, 0.05) is 5.69 Å². The molecule has 0 bridgehead atoms. The molecule has 0 fully saturated rings. The second kappa shape index (κ2) is 5.07. The number of nitrogens with two attached hydrogens (primary N) is 1. The van der Waals surface area contributed by atoms with Gasteiger partial charge in [0.15, 0.2) is 0 Å². The number of anilines is 1. The van der Waals surface area contributed by atoms with E-state index in [9.17, 15) is 13.2 Å². The SMILES string of the molecule is Cc1ccc(-c2ccc(OC(F)(F)F)cc2C)cc1N. The Morgan fingerprint density at radius 3 is 2.20 bits per heavy atom. The Bertz CT molecular complexity index is 636. The van der Waals surface area contributed by atoms with Crippen LogP contribution in [0, 0.1) is 13.8 Å². The Labute approximate surface area is 115 Å². The first-order valence-electron chi connectivity index (χ1n) is 5.99. The quantitative estimate of drug-likeness (QED) is 0.825. The van der Waals surface area contributed by atoms with Gasteiger partial charge in [0.2, 0.25) is 0 Å². The molecule has 0 aliphatic carbocycles. The third kappa shape index (κ3) is 3.23. The average molecular weight is 281 g/mol. The first kappa shape index (κ1) is 14.2. The summed E-state index contributed by atoms with van der Waals surface area (Å²) in [6, 6.07) is 9.83. The molecule has 5 heteroatoms. The molecule has 0 unspecified atom stereocenters. The summed E-state index contributed by atoms with van der Waals surface area (Å²) >= 11 is 0. The van der Waals surface area contributed by atoms with Crippen molar-refractivity contribution in [1.29, 1.82) is 0 Å². The van der Waals surface area contributed by atoms with E-state index in [0.29, 0.717) is 11.3 Å². The standard InChI is InChI=1S/C15H14F3NO/c1-9-3-4-11(8-14(9)19)13-6-5-12(7-10(13)2)20-15(16,17)18/h3-8H,19H2,1-2H3. The largest absolute Gasteiger partial charge is 0.573 e. The molecule has 2 aromatic carbocycles. The Hall–Kier alpha value is -2.17. The topological polar surface area (TPSA) is 35.2 Å². The van der Waals surface area contributed by atoms with Crippen molar-refractivity contribution in [2.75, 3.05) is 5.73 Å². The number of hydrogen-bond donors (Lipinski definition) is 1. The lowest BCUT2D eigenvalue weighted by Gasteiger charge is -2.12. The first-order chi connectivity index (χ1) is 9.26. The highest BCUT2D eigenvalue weighted by atomic mass is 19.4. The van der Waals surface area contributed by atoms with E-state index in [1.165, 1.54) is 12.1 Å². The average Bonchev–Trinajstić information content (AvgIpc) is 2.31. The number of ether oxygens (including phenoxy) is 1. The van der Waals surface area contributed by atoms with Gasteiger partial charge >= 0.3 is 6.36 Å². The van der Waals surface area contributed by atoms with E-state index in [2.05, 4.69) is 4.74 Å². The first-order valence-corrected chi connectivity index (χ1v) is 5.99. The highest BCUT2D eigenvalue weighted by molar-refractivity contribution is 5.72. The maximum atomic E-state index is 12.2. The molecule has 0 aliphatic rings. The molecule has 20 heavy (non-hydrogen) atoms. The van der Waals surface area contributed by atoms with Crippen LogP contribution in [-0.2, 0) is 0 Å². The van der Waals surface area contributed by atoms with Gasteiger partial charge in [-0.3, -0.25) is 0 Å². The van der Waals surface area contributed by atoms with Gasteiger partial charge in [0.25, 0.3) is 0 Å². The van der Waals surface area contributed by atoms with E-state index in [0.717, 1.165) is 16.7 Å². The van der Waals surface area contributed by atoms with Crippen molar-refractivity contribution in [3.8, 4) is 16.9 Å². The van der Waals surface area contributed by atoms with Gasteiger partial charge in [-0.05, 0) is 54.3 Å². The summed E-state index contributed by atoms with van der Waals surface area (Å²) < 4.78 is 40.4. The minimum absolute atomic E-state index is 0.223. The van der Waals surface area contributed by atoms with E-state index in [1.54, 1.807) is 13.0 Å². The molecule has 0 radical (unpaired) electrons. The fraction of sp³-hybridized carbons (Fsp3) is 0.200. The van der Waals surface area contributed by atoms with E-state index in [4.69, 9.17) is 5.73 Å². The zero-order chi connectivity index (χ0) is 14.9. The highest BCUT2D eigenvalue weighted by Gasteiger charge is 2.31. The van der Waals surface area contributed by atoms with Crippen molar-refractivity contribution in [3.05, 3.63) is 47.5 Å². The van der Waals surface area contributed by atoms with Crippen molar-refractivity contribution < 1.29 is 17.9 Å². The van der Waals surface area contributed by atoms with Gasteiger partial charge in [-0.15, -0.1) is 13.2 Å². The van der Waals surface area contributed by atoms with Gasteiger partial charge in [-0.1, -0.05) is 18.2 Å². The van der Waals surface area contributed by atoms with Crippen molar-refractivity contribution >= 4 is 5.69 Å². The molecule has 0 amide bonds. The lowest BCUT2D eigenvalue weighted by molar-refractivity contribution is -0.274. The number of rotatable bonds is 2. The lowest BCUT2D eigenvalue weighted by Crippen LogP contribution is -2.17. The molecule has 0 aliphatic heterocycles. The normalized spacial score (nSPS) is 11.4. The monoisotopic (exact) mass is 281 g/mol. The van der Waals surface area contributed by atoms with Gasteiger partial charge in [0.05, 0.1) is 0 Å². The maximum absolute atomic E-state index is 12.2. The Morgan fingerprint density at radius 1 is 0.950 bits per heavy atom. The molecular weight excluding hydrogens is 267 g/mol. The molecule has 0 heterocycles. The molecular formula is C15H14F3NO. The van der Waals surface area contributed by atoms with E-state index < -0.39 is 6.36 Å². The Morgan fingerprint density at radius 2 is 1.65 bits per heavy atom. The third-order valence-corrected chi connectivity index (χ3v) is 3.02. The van der Waals surface area contributed by atoms with Crippen LogP contribution in [0.4, 0.5) is 18.9 Å². The van der Waals surface area contributed by atoms with Crippen molar-refractivity contribution in [3.63, 3.8) is 0 Å². The number of nitrogen functional groups attached to an aromatic ring is 1. The second-order valence-electron chi connectivity index (χ2n) is 4.60. The van der Waals surface area contributed by atoms with Crippen LogP contribution in [0.1, 0.15) is 11.1 Å². The summed E-state index contributed by atoms with van der Waals surface area (Å²) in [5.41, 5.74) is 9.84. The summed E-state index contributed by atoms with van der Waals surface area (Å²) in [7, 11) is 0. The van der Waals surface area contributed by atoms with Crippen LogP contribution >= 0.6 is 0 Å². The van der Waals surface area contributed by atoms with E-state index >= 15 is 0 Å². The van der Waals surface area contributed by atoms with Crippen molar-refractivity contribution in [2.45, 2.75) is 20.2 Å². The van der Waals surface area contributed by atoms with Crippen molar-refractivity contribution in [2.24, 2.45) is 0 Å². The molecule has 2 nitrogen and oxygen atoms in total. The van der Waals surface area contributed by atoms with Crippen molar-refractivity contribution in [1.82, 2.24) is 0 Å². The van der Waals surface area contributed by atoms with Crippen LogP contribution in [0.2, 0.25) is 0 Å². The Balaban J connectivity index is 2.36. The van der Waals surface area contributed by atoms with Crippen LogP contribution in [-0.4, -0.2) is 6.36 Å². The lowest BCUT2D eigenvalue weighted by atomic mass is 9.98. The fourth-order valence-corrected chi connectivity index (χ4v) is 1.97. The zero-order valence-corrected chi connectivity index (χ0v) is 11.1. The summed E-state index contributed by atoms with van der Waals surface area (Å²) in [6.07, 6.45) is -4.68. The van der Waals surface area contributed by atoms with Gasteiger partial charge in [0.1, 0.15) is 5.75 Å². The van der Waals surface area contributed by atoms with Gasteiger partial charge in [-0.25, -0.2) is 0 Å². The molecule has 0 aromatic heterocycles.